The highest BCUT2D eigenvalue weighted by molar-refractivity contribution is 7.27. The SMILES string of the molecule is c1ccc(-c2cc(-c3ccccc3)nc(-c3cccc(-n4c5ccccc5c5cc(-c6cccc7c6sc6ccccc67)ccc54)c3)n2)cc1.c1ccc(-c2ccc(-c3cccc(-c4ccnc(-n5c6ccccc6c6ccc(-c7cccc8c7sc7ccccc78)cc65)n4)c3)cc2)cc1.c1ccc(-c2cccc(-c3ccc(-c4ccnc(-n5c6ccccc6c6c(-c7cccc8c7sc7ccccc78)cccc65)n4)cc3)c2)cc1. The van der Waals surface area contributed by atoms with Crippen molar-refractivity contribution in [2.45, 2.75) is 0 Å². The molecule has 9 heterocycles. The van der Waals surface area contributed by atoms with Crippen LogP contribution in [-0.2, 0) is 0 Å². The second-order valence-electron chi connectivity index (χ2n) is 37.8. The number of para-hydroxylation sites is 3. The summed E-state index contributed by atoms with van der Waals surface area (Å²) in [5, 5.41) is 15.1. The van der Waals surface area contributed by atoms with Crippen LogP contribution in [0.15, 0.2) is 528 Å². The van der Waals surface area contributed by atoms with Gasteiger partial charge in [0, 0.05) is 144 Å². The fourth-order valence-corrected chi connectivity index (χ4v) is 25.6. The second-order valence-corrected chi connectivity index (χ2v) is 41.0. The third-order valence-corrected chi connectivity index (χ3v) is 32.7. The summed E-state index contributed by atoms with van der Waals surface area (Å²) in [6.07, 6.45) is 3.75. The van der Waals surface area contributed by atoms with Crippen LogP contribution in [0, 0.1) is 0 Å². The summed E-state index contributed by atoms with van der Waals surface area (Å²) in [7, 11) is 0. The van der Waals surface area contributed by atoms with Gasteiger partial charge in [-0.1, -0.05) is 413 Å². The van der Waals surface area contributed by atoms with Crippen LogP contribution in [0.1, 0.15) is 0 Å². The number of benzene rings is 21. The molecule has 21 aromatic carbocycles. The van der Waals surface area contributed by atoms with Gasteiger partial charge in [0.05, 0.1) is 55.9 Å². The van der Waals surface area contributed by atoms with E-state index in [0.717, 1.165) is 83.9 Å². The average Bonchev–Trinajstić information content (AvgIpc) is 1.56. The molecular weight excluding hydrogens is 1880 g/mol. The van der Waals surface area contributed by atoms with Crippen LogP contribution >= 0.6 is 34.0 Å². The van der Waals surface area contributed by atoms with Crippen LogP contribution in [0.2, 0.25) is 0 Å². The van der Waals surface area contributed by atoms with Gasteiger partial charge in [0.15, 0.2) is 5.82 Å². The van der Waals surface area contributed by atoms with Crippen molar-refractivity contribution in [1.29, 1.82) is 0 Å². The van der Waals surface area contributed by atoms with E-state index < -0.39 is 0 Å². The molecular formula is C138H87N9S3. The highest BCUT2D eigenvalue weighted by Gasteiger charge is 2.25. The summed E-state index contributed by atoms with van der Waals surface area (Å²) in [6.45, 7) is 0. The fraction of sp³-hybridized carbons (Fsp3) is 0. The molecule has 30 rings (SSSR count). The maximum absolute atomic E-state index is 5.21. The van der Waals surface area contributed by atoms with E-state index in [4.69, 9.17) is 29.9 Å². The molecule has 702 valence electrons. The van der Waals surface area contributed by atoms with E-state index in [2.05, 4.69) is 505 Å². The van der Waals surface area contributed by atoms with E-state index >= 15 is 0 Å². The molecule has 0 fully saturated rings. The van der Waals surface area contributed by atoms with E-state index in [1.165, 1.54) is 176 Å². The first-order chi connectivity index (χ1) is 74.4. The lowest BCUT2D eigenvalue weighted by Crippen LogP contribution is -2.01. The smallest absolute Gasteiger partial charge is 0.235 e. The number of hydrogen-bond acceptors (Lipinski definition) is 9. The van der Waals surface area contributed by atoms with Gasteiger partial charge in [-0.05, 0) is 175 Å². The zero-order valence-electron chi connectivity index (χ0n) is 81.0. The van der Waals surface area contributed by atoms with E-state index in [0.29, 0.717) is 17.7 Å². The monoisotopic (exact) mass is 1970 g/mol. The topological polar surface area (TPSA) is 92.1 Å². The summed E-state index contributed by atoms with van der Waals surface area (Å²) in [5.41, 5.74) is 33.5. The maximum atomic E-state index is 5.21. The van der Waals surface area contributed by atoms with Crippen molar-refractivity contribution in [3.8, 4) is 152 Å². The minimum atomic E-state index is 0.656. The molecule has 0 saturated heterocycles. The molecule has 30 aromatic rings. The largest absolute Gasteiger partial charge is 0.309 e. The van der Waals surface area contributed by atoms with Crippen LogP contribution in [0.5, 0.6) is 0 Å². The Morgan fingerprint density at radius 2 is 0.493 bits per heavy atom. The van der Waals surface area contributed by atoms with Gasteiger partial charge in [0.1, 0.15) is 0 Å². The number of nitrogens with zero attached hydrogens (tertiary/aromatic N) is 9. The molecule has 0 spiro atoms. The molecule has 0 saturated carbocycles. The third kappa shape index (κ3) is 16.0. The Morgan fingerprint density at radius 3 is 1.05 bits per heavy atom. The molecule has 0 bridgehead atoms. The lowest BCUT2D eigenvalue weighted by Gasteiger charge is -2.12. The first kappa shape index (κ1) is 88.6. The van der Waals surface area contributed by atoms with Crippen LogP contribution in [-0.4, -0.2) is 43.6 Å². The molecule has 0 unspecified atom stereocenters. The lowest BCUT2D eigenvalue weighted by atomic mass is 9.98. The van der Waals surface area contributed by atoms with Gasteiger partial charge in [0.25, 0.3) is 0 Å². The first-order valence-electron chi connectivity index (χ1n) is 50.5. The standard InChI is InChI=1S/3C46H29N3S/c1-3-13-30(14-4-1)40-29-41(31-15-5-2-6-16-31)48-46(47-40)33-17-11-18-34(27-33)49-42-23-9-7-19-36(42)39-28-32(25-26-43(39)49)35-21-12-22-38-37-20-8-10-24-44(37)50-45(35)38;1-2-11-30(12-3-1)33-13-8-14-34(29-33)31-23-25-32(26-24-31)40-27-28-47-46(48-40)49-41-20-6-4-16-39(41)44-36(17-10-21-42(44)49)38-19-9-18-37-35-15-5-7-22-43(35)50-45(37)38;1-2-10-30(11-3-1)31-20-22-32(23-21-31)33-12-8-13-35(28-33)41-26-27-47-46(48-41)49-42-18-6-4-14-37(42)38-25-24-34(29-43(38)49)36-16-9-17-40-39-15-5-7-19-44(39)50-45(36)40/h3*1-29H. The fourth-order valence-electron chi connectivity index (χ4n) is 21.9. The molecule has 0 aliphatic carbocycles. The summed E-state index contributed by atoms with van der Waals surface area (Å²) in [6, 6.07) is 184. The van der Waals surface area contributed by atoms with Gasteiger partial charge >= 0.3 is 0 Å². The molecule has 0 radical (unpaired) electrons. The quantitative estimate of drug-likeness (QED) is 0.102. The average molecular weight is 1970 g/mol. The Morgan fingerprint density at radius 1 is 0.160 bits per heavy atom. The number of aromatic nitrogens is 9. The van der Waals surface area contributed by atoms with E-state index in [9.17, 15) is 0 Å². The Kier molecular flexibility index (Phi) is 22.3. The second kappa shape index (κ2) is 37.8. The molecule has 0 atom stereocenters. The minimum absolute atomic E-state index is 0.656. The molecule has 9 nitrogen and oxygen atoms in total. The molecule has 0 aliphatic rings. The van der Waals surface area contributed by atoms with Gasteiger partial charge in [-0.15, -0.1) is 34.0 Å². The van der Waals surface area contributed by atoms with Crippen LogP contribution in [0.3, 0.4) is 0 Å². The van der Waals surface area contributed by atoms with Crippen LogP contribution in [0.25, 0.3) is 278 Å². The van der Waals surface area contributed by atoms with Crippen molar-refractivity contribution in [2.75, 3.05) is 0 Å². The summed E-state index contributed by atoms with van der Waals surface area (Å²) < 4.78 is 14.7. The summed E-state index contributed by atoms with van der Waals surface area (Å²) in [5.74, 6) is 2.01. The summed E-state index contributed by atoms with van der Waals surface area (Å²) in [4.78, 5) is 30.3. The maximum Gasteiger partial charge on any atom is 0.235 e. The van der Waals surface area contributed by atoms with Crippen molar-refractivity contribution < 1.29 is 0 Å². The van der Waals surface area contributed by atoms with Crippen molar-refractivity contribution in [3.05, 3.63) is 528 Å². The molecule has 12 heteroatoms. The zero-order chi connectivity index (χ0) is 99.1. The molecule has 150 heavy (non-hydrogen) atoms. The Hall–Kier alpha value is -19.1. The molecule has 9 aromatic heterocycles. The van der Waals surface area contributed by atoms with Gasteiger partial charge < -0.3 is 4.57 Å². The van der Waals surface area contributed by atoms with E-state index in [1.54, 1.807) is 0 Å². The first-order valence-corrected chi connectivity index (χ1v) is 52.9. The van der Waals surface area contributed by atoms with Gasteiger partial charge in [-0.25, -0.2) is 29.9 Å². The van der Waals surface area contributed by atoms with Gasteiger partial charge in [-0.2, -0.15) is 0 Å². The number of hydrogen-bond donors (Lipinski definition) is 0. The molecule has 0 aliphatic heterocycles. The minimum Gasteiger partial charge on any atom is -0.309 e. The van der Waals surface area contributed by atoms with Crippen molar-refractivity contribution in [1.82, 2.24) is 43.6 Å². The van der Waals surface area contributed by atoms with E-state index in [1.807, 2.05) is 70.7 Å². The Balaban J connectivity index is 0.000000108. The Bertz CT molecular complexity index is 10400. The van der Waals surface area contributed by atoms with Crippen molar-refractivity contribution >= 4 is 160 Å². The lowest BCUT2D eigenvalue weighted by molar-refractivity contribution is 0.992. The Labute approximate surface area is 876 Å². The highest BCUT2D eigenvalue weighted by atomic mass is 32.1. The van der Waals surface area contributed by atoms with E-state index in [-0.39, 0.29) is 0 Å². The highest BCUT2D eigenvalue weighted by Crippen LogP contribution is 2.49. The molecule has 0 amide bonds. The number of thiophene rings is 3. The molecule has 0 N–H and O–H groups in total. The predicted molar refractivity (Wildman–Crippen MR) is 633 cm³/mol. The number of rotatable bonds is 15. The van der Waals surface area contributed by atoms with Gasteiger partial charge in [-0.3, -0.25) is 9.13 Å². The third-order valence-electron chi connectivity index (χ3n) is 29.0. The van der Waals surface area contributed by atoms with Crippen LogP contribution < -0.4 is 0 Å². The predicted octanol–water partition coefficient (Wildman–Crippen LogP) is 37.8. The van der Waals surface area contributed by atoms with Gasteiger partial charge in [0.2, 0.25) is 11.9 Å². The zero-order valence-corrected chi connectivity index (χ0v) is 83.4. The van der Waals surface area contributed by atoms with Crippen LogP contribution in [0.4, 0.5) is 0 Å². The summed E-state index contributed by atoms with van der Waals surface area (Å²) >= 11 is 5.60. The van der Waals surface area contributed by atoms with Crippen molar-refractivity contribution in [2.24, 2.45) is 0 Å². The number of fused-ring (bicyclic) bond motifs is 18. The normalized spacial score (nSPS) is 11.6. The van der Waals surface area contributed by atoms with Crippen molar-refractivity contribution in [3.63, 3.8) is 0 Å².